The molecule has 0 aliphatic carbocycles. The van der Waals surface area contributed by atoms with Crippen LogP contribution >= 0.6 is 11.3 Å². The first-order valence-corrected chi connectivity index (χ1v) is 7.71. The summed E-state index contributed by atoms with van der Waals surface area (Å²) < 4.78 is 4.69. The number of hydrogen-bond acceptors (Lipinski definition) is 4. The van der Waals surface area contributed by atoms with E-state index in [1.165, 1.54) is 24.5 Å². The number of rotatable bonds is 6. The molecule has 4 nitrogen and oxygen atoms in total. The first-order valence-electron chi connectivity index (χ1n) is 6.83. The average molecular weight is 315 g/mol. The van der Waals surface area contributed by atoms with Crippen LogP contribution in [0.15, 0.2) is 53.9 Å². The highest BCUT2D eigenvalue weighted by atomic mass is 32.1. The molecule has 1 N–H and O–H groups in total. The molecular weight excluding hydrogens is 298 g/mol. The van der Waals surface area contributed by atoms with E-state index in [2.05, 4.69) is 10.1 Å². The lowest BCUT2D eigenvalue weighted by Crippen LogP contribution is -2.28. The smallest absolute Gasteiger partial charge is 0.307 e. The summed E-state index contributed by atoms with van der Waals surface area (Å²) in [4.78, 5) is 24.5. The van der Waals surface area contributed by atoms with E-state index in [0.29, 0.717) is 0 Å². The van der Waals surface area contributed by atoms with Gasteiger partial charge in [0.15, 0.2) is 0 Å². The van der Waals surface area contributed by atoms with E-state index >= 15 is 0 Å². The third-order valence-corrected chi connectivity index (χ3v) is 4.01. The molecule has 1 aromatic carbocycles. The molecule has 22 heavy (non-hydrogen) atoms. The monoisotopic (exact) mass is 315 g/mol. The minimum atomic E-state index is -0.375. The maximum absolute atomic E-state index is 12.0. The van der Waals surface area contributed by atoms with Gasteiger partial charge in [0.1, 0.15) is 0 Å². The molecule has 0 fully saturated rings. The van der Waals surface area contributed by atoms with Crippen molar-refractivity contribution in [3.8, 4) is 0 Å². The van der Waals surface area contributed by atoms with E-state index in [1.807, 2.05) is 47.8 Å². The molecule has 1 atom stereocenters. The summed E-state index contributed by atoms with van der Waals surface area (Å²) >= 11 is 1.49. The zero-order valence-corrected chi connectivity index (χ0v) is 13.0. The summed E-state index contributed by atoms with van der Waals surface area (Å²) in [5.74, 6) is -0.600. The fourth-order valence-electron chi connectivity index (χ4n) is 1.92. The van der Waals surface area contributed by atoms with Crippen LogP contribution in [-0.4, -0.2) is 19.0 Å². The normalized spacial score (nSPS) is 12.0. The molecule has 0 aliphatic rings. The van der Waals surface area contributed by atoms with Gasteiger partial charge in [-0.25, -0.2) is 0 Å². The molecule has 0 saturated carbocycles. The molecule has 2 rings (SSSR count). The summed E-state index contributed by atoms with van der Waals surface area (Å²) in [5, 5.41) is 4.75. The van der Waals surface area contributed by atoms with Gasteiger partial charge in [-0.3, -0.25) is 9.59 Å². The minimum Gasteiger partial charge on any atom is -0.469 e. The molecule has 1 unspecified atom stereocenters. The van der Waals surface area contributed by atoms with E-state index in [0.717, 1.165) is 10.4 Å². The van der Waals surface area contributed by atoms with Gasteiger partial charge in [0.05, 0.1) is 19.6 Å². The number of esters is 1. The lowest BCUT2D eigenvalue weighted by molar-refractivity contribution is -0.141. The van der Waals surface area contributed by atoms with E-state index < -0.39 is 0 Å². The average Bonchev–Trinajstić information content (AvgIpc) is 3.07. The minimum absolute atomic E-state index is 0.113. The lowest BCUT2D eigenvalue weighted by Gasteiger charge is -2.15. The maximum Gasteiger partial charge on any atom is 0.307 e. The number of nitrogens with one attached hydrogen (secondary N) is 1. The van der Waals surface area contributed by atoms with Gasteiger partial charge < -0.3 is 10.1 Å². The van der Waals surface area contributed by atoms with E-state index in [4.69, 9.17) is 0 Å². The van der Waals surface area contributed by atoms with Crippen molar-refractivity contribution < 1.29 is 14.3 Å². The standard InChI is InChI=1S/C17H17NO3S/c1-21-17(20)12-14(15-8-5-11-22-15)18-16(19)10-9-13-6-3-2-4-7-13/h2-11,14H,12H2,1H3,(H,18,19). The predicted molar refractivity (Wildman–Crippen MR) is 87.3 cm³/mol. The van der Waals surface area contributed by atoms with Crippen molar-refractivity contribution in [2.24, 2.45) is 0 Å². The second-order valence-electron chi connectivity index (χ2n) is 4.60. The van der Waals surface area contributed by atoms with Crippen LogP contribution in [0.3, 0.4) is 0 Å². The van der Waals surface area contributed by atoms with Gasteiger partial charge in [0.25, 0.3) is 0 Å². The Morgan fingerprint density at radius 3 is 2.64 bits per heavy atom. The molecule has 0 spiro atoms. The Hall–Kier alpha value is -2.40. The van der Waals surface area contributed by atoms with Gasteiger partial charge >= 0.3 is 5.97 Å². The fraction of sp³-hybridized carbons (Fsp3) is 0.176. The SMILES string of the molecule is COC(=O)CC(NC(=O)C=Cc1ccccc1)c1cccs1. The summed E-state index contributed by atoms with van der Waals surface area (Å²) in [6.07, 6.45) is 3.31. The molecule has 0 saturated heterocycles. The first-order chi connectivity index (χ1) is 10.7. The van der Waals surface area contributed by atoms with E-state index in [9.17, 15) is 9.59 Å². The zero-order valence-electron chi connectivity index (χ0n) is 12.2. The third-order valence-electron chi connectivity index (χ3n) is 3.03. The Kier molecular flexibility index (Phi) is 5.91. The number of carbonyl (C=O) groups excluding carboxylic acids is 2. The molecule has 1 aromatic heterocycles. The highest BCUT2D eigenvalue weighted by molar-refractivity contribution is 7.10. The van der Waals surface area contributed by atoms with Crippen molar-refractivity contribution >= 4 is 29.3 Å². The quantitative estimate of drug-likeness (QED) is 0.658. The van der Waals surface area contributed by atoms with E-state index in [1.54, 1.807) is 6.08 Å². The van der Waals surface area contributed by atoms with Crippen LogP contribution in [0.25, 0.3) is 6.08 Å². The Balaban J connectivity index is 2.02. The molecule has 0 aliphatic heterocycles. The number of benzene rings is 1. The molecule has 5 heteroatoms. The largest absolute Gasteiger partial charge is 0.469 e. The molecule has 0 bridgehead atoms. The van der Waals surface area contributed by atoms with Gasteiger partial charge in [-0.15, -0.1) is 11.3 Å². The summed E-state index contributed by atoms with van der Waals surface area (Å²) in [6.45, 7) is 0. The molecule has 1 heterocycles. The lowest BCUT2D eigenvalue weighted by atomic mass is 10.1. The van der Waals surface area contributed by atoms with Crippen molar-refractivity contribution in [1.29, 1.82) is 0 Å². The van der Waals surface area contributed by atoms with Crippen molar-refractivity contribution in [3.63, 3.8) is 0 Å². The van der Waals surface area contributed by atoms with Crippen LogP contribution in [0.5, 0.6) is 0 Å². The molecule has 0 radical (unpaired) electrons. The van der Waals surface area contributed by atoms with Crippen molar-refractivity contribution in [3.05, 3.63) is 64.4 Å². The number of thiophene rings is 1. The number of hydrogen-bond donors (Lipinski definition) is 1. The number of methoxy groups -OCH3 is 1. The number of amides is 1. The number of ether oxygens (including phenoxy) is 1. The van der Waals surface area contributed by atoms with Crippen LogP contribution in [0.2, 0.25) is 0 Å². The zero-order chi connectivity index (χ0) is 15.8. The van der Waals surface area contributed by atoms with Gasteiger partial charge in [-0.05, 0) is 23.1 Å². The highest BCUT2D eigenvalue weighted by Crippen LogP contribution is 2.22. The maximum atomic E-state index is 12.0. The van der Waals surface area contributed by atoms with Crippen LogP contribution in [-0.2, 0) is 14.3 Å². The van der Waals surface area contributed by atoms with Crippen LogP contribution in [0, 0.1) is 0 Å². The summed E-state index contributed by atoms with van der Waals surface area (Å²) in [5.41, 5.74) is 0.943. The molecule has 2 aromatic rings. The van der Waals surface area contributed by atoms with Crippen LogP contribution in [0.4, 0.5) is 0 Å². The van der Waals surface area contributed by atoms with Crippen LogP contribution < -0.4 is 5.32 Å². The van der Waals surface area contributed by atoms with Crippen molar-refractivity contribution in [2.75, 3.05) is 7.11 Å². The van der Waals surface area contributed by atoms with Crippen molar-refractivity contribution in [1.82, 2.24) is 5.32 Å². The van der Waals surface area contributed by atoms with E-state index in [-0.39, 0.29) is 24.3 Å². The summed E-state index contributed by atoms with van der Waals surface area (Å²) in [7, 11) is 1.34. The van der Waals surface area contributed by atoms with Crippen LogP contribution in [0.1, 0.15) is 22.9 Å². The Morgan fingerprint density at radius 2 is 2.00 bits per heavy atom. The van der Waals surface area contributed by atoms with Gasteiger partial charge in [0.2, 0.25) is 5.91 Å². The topological polar surface area (TPSA) is 55.4 Å². The predicted octanol–water partition coefficient (Wildman–Crippen LogP) is 3.18. The van der Waals surface area contributed by atoms with Crippen molar-refractivity contribution in [2.45, 2.75) is 12.5 Å². The highest BCUT2D eigenvalue weighted by Gasteiger charge is 2.18. The van der Waals surface area contributed by atoms with Gasteiger partial charge in [-0.1, -0.05) is 36.4 Å². The van der Waals surface area contributed by atoms with Gasteiger partial charge in [-0.2, -0.15) is 0 Å². The first kappa shape index (κ1) is 16.0. The third kappa shape index (κ3) is 4.86. The summed E-state index contributed by atoms with van der Waals surface area (Å²) in [6, 6.07) is 13.0. The fourth-order valence-corrected chi connectivity index (χ4v) is 2.70. The molecule has 1 amide bonds. The second-order valence-corrected chi connectivity index (χ2v) is 5.58. The molecule has 114 valence electrons. The Morgan fingerprint density at radius 1 is 1.23 bits per heavy atom. The Bertz CT molecular complexity index is 635. The molecular formula is C17H17NO3S. The van der Waals surface area contributed by atoms with Gasteiger partial charge in [0, 0.05) is 11.0 Å². The second kappa shape index (κ2) is 8.14. The number of carbonyl (C=O) groups is 2. The Labute approximate surface area is 133 Å².